The Balaban J connectivity index is 2.06. The number of aliphatic imine (C=N–C) groups is 1. The van der Waals surface area contributed by atoms with Crippen LogP contribution in [0.15, 0.2) is 17.1 Å². The fourth-order valence-corrected chi connectivity index (χ4v) is 3.45. The molecule has 2 rings (SSSR count). The van der Waals surface area contributed by atoms with Gasteiger partial charge in [-0.3, -0.25) is 4.79 Å². The first-order chi connectivity index (χ1) is 13.5. The van der Waals surface area contributed by atoms with E-state index in [-0.39, 0.29) is 11.9 Å². The second kappa shape index (κ2) is 11.0. The molecule has 1 aliphatic rings. The van der Waals surface area contributed by atoms with Gasteiger partial charge in [0.2, 0.25) is 5.91 Å². The molecule has 0 saturated carbocycles. The number of amides is 1. The summed E-state index contributed by atoms with van der Waals surface area (Å²) in [6, 6.07) is 3.94. The predicted molar refractivity (Wildman–Crippen MR) is 112 cm³/mol. The molecule has 2 N–H and O–H groups in total. The summed E-state index contributed by atoms with van der Waals surface area (Å²) >= 11 is 6.34. The van der Waals surface area contributed by atoms with Crippen LogP contribution in [0, 0.1) is 0 Å². The second-order valence-electron chi connectivity index (χ2n) is 6.56. The smallest absolute Gasteiger partial charge is 0.222 e. The lowest BCUT2D eigenvalue weighted by atomic mass is 10.2. The Kier molecular flexibility index (Phi) is 8.70. The highest BCUT2D eigenvalue weighted by Gasteiger charge is 2.25. The number of benzene rings is 1. The summed E-state index contributed by atoms with van der Waals surface area (Å²) < 4.78 is 11.0. The Morgan fingerprint density at radius 1 is 1.36 bits per heavy atom. The molecule has 0 bridgehead atoms. The zero-order valence-corrected chi connectivity index (χ0v) is 17.9. The first-order valence-electron chi connectivity index (χ1n) is 9.84. The molecule has 1 aliphatic heterocycles. The third kappa shape index (κ3) is 5.92. The first kappa shape index (κ1) is 22.1. The zero-order valence-electron chi connectivity index (χ0n) is 17.2. The largest absolute Gasteiger partial charge is 0.493 e. The minimum absolute atomic E-state index is 0.197. The molecule has 1 unspecified atom stereocenters. The highest BCUT2D eigenvalue weighted by Crippen LogP contribution is 2.36. The highest BCUT2D eigenvalue weighted by molar-refractivity contribution is 6.32. The first-order valence-corrected chi connectivity index (χ1v) is 10.2. The maximum absolute atomic E-state index is 11.9. The molecule has 1 saturated heterocycles. The third-order valence-corrected chi connectivity index (χ3v) is 4.81. The fraction of sp³-hybridized carbons (Fsp3) is 0.600. The average Bonchev–Trinajstić information content (AvgIpc) is 3.16. The summed E-state index contributed by atoms with van der Waals surface area (Å²) in [6.07, 6.45) is 1.46. The van der Waals surface area contributed by atoms with Gasteiger partial charge in [-0.2, -0.15) is 0 Å². The van der Waals surface area contributed by atoms with Gasteiger partial charge in [0.15, 0.2) is 17.5 Å². The normalized spacial score (nSPS) is 16.8. The van der Waals surface area contributed by atoms with Gasteiger partial charge in [0.25, 0.3) is 0 Å². The van der Waals surface area contributed by atoms with Crippen LogP contribution in [0.2, 0.25) is 5.02 Å². The fourth-order valence-electron chi connectivity index (χ4n) is 3.16. The predicted octanol–water partition coefficient (Wildman–Crippen LogP) is 2.81. The average molecular weight is 411 g/mol. The van der Waals surface area contributed by atoms with Crippen molar-refractivity contribution in [3.8, 4) is 11.5 Å². The van der Waals surface area contributed by atoms with Crippen molar-refractivity contribution in [2.45, 2.75) is 46.2 Å². The Hall–Kier alpha value is -2.15. The molecule has 1 atom stereocenters. The van der Waals surface area contributed by atoms with Crippen molar-refractivity contribution >= 4 is 23.5 Å². The van der Waals surface area contributed by atoms with E-state index in [0.717, 1.165) is 31.0 Å². The number of hydrogen-bond acceptors (Lipinski definition) is 4. The van der Waals surface area contributed by atoms with Gasteiger partial charge in [-0.1, -0.05) is 18.5 Å². The monoisotopic (exact) mass is 410 g/mol. The number of likely N-dealkylation sites (tertiary alicyclic amines) is 1. The summed E-state index contributed by atoms with van der Waals surface area (Å²) in [4.78, 5) is 18.4. The van der Waals surface area contributed by atoms with Crippen LogP contribution >= 0.6 is 11.6 Å². The van der Waals surface area contributed by atoms with Crippen LogP contribution in [0.4, 0.5) is 0 Å². The number of halogens is 1. The highest BCUT2D eigenvalue weighted by atomic mass is 35.5. The van der Waals surface area contributed by atoms with E-state index < -0.39 is 0 Å². The molecule has 0 spiro atoms. The number of carbonyl (C=O) groups excluding carboxylic acids is 1. The summed E-state index contributed by atoms with van der Waals surface area (Å²) in [7, 11) is 1.59. The third-order valence-electron chi connectivity index (χ3n) is 4.53. The second-order valence-corrected chi connectivity index (χ2v) is 6.97. The SMILES string of the molecule is CCNC(=NCc1cc(Cl)c(OCC)c(OC)c1)NC1CCN(C(=O)CC)C1. The van der Waals surface area contributed by atoms with Crippen molar-refractivity contribution in [1.82, 2.24) is 15.5 Å². The van der Waals surface area contributed by atoms with Crippen molar-refractivity contribution in [1.29, 1.82) is 0 Å². The van der Waals surface area contributed by atoms with Crippen LogP contribution in [0.3, 0.4) is 0 Å². The molecule has 1 amide bonds. The Morgan fingerprint density at radius 3 is 2.79 bits per heavy atom. The van der Waals surface area contributed by atoms with E-state index in [1.807, 2.05) is 37.8 Å². The van der Waals surface area contributed by atoms with E-state index in [1.54, 1.807) is 7.11 Å². The van der Waals surface area contributed by atoms with Gasteiger partial charge in [0, 0.05) is 32.1 Å². The van der Waals surface area contributed by atoms with Gasteiger partial charge in [-0.25, -0.2) is 4.99 Å². The van der Waals surface area contributed by atoms with Crippen molar-refractivity contribution in [2.75, 3.05) is 33.4 Å². The van der Waals surface area contributed by atoms with Crippen LogP contribution in [0.1, 0.15) is 39.2 Å². The minimum Gasteiger partial charge on any atom is -0.493 e. The van der Waals surface area contributed by atoms with E-state index in [1.165, 1.54) is 0 Å². The summed E-state index contributed by atoms with van der Waals surface area (Å²) in [5, 5.41) is 7.19. The molecule has 0 aliphatic carbocycles. The Morgan fingerprint density at radius 2 is 2.14 bits per heavy atom. The van der Waals surface area contributed by atoms with Gasteiger partial charge in [-0.15, -0.1) is 0 Å². The molecular weight excluding hydrogens is 380 g/mol. The summed E-state index contributed by atoms with van der Waals surface area (Å²) in [5.41, 5.74) is 0.928. The standard InChI is InChI=1S/C20H31ClN4O3/c1-5-18(26)25-9-8-15(13-25)24-20(22-6-2)23-12-14-10-16(21)19(28-7-3)17(11-14)27-4/h10-11,15H,5-9,12-13H2,1-4H3,(H2,22,23,24). The van der Waals surface area contributed by atoms with Crippen LogP contribution in [-0.4, -0.2) is 56.2 Å². The van der Waals surface area contributed by atoms with E-state index >= 15 is 0 Å². The molecule has 0 aromatic heterocycles. The summed E-state index contributed by atoms with van der Waals surface area (Å²) in [6.45, 7) is 9.03. The number of carbonyl (C=O) groups is 1. The molecule has 28 heavy (non-hydrogen) atoms. The quantitative estimate of drug-likeness (QED) is 0.509. The van der Waals surface area contributed by atoms with Gasteiger partial charge in [0.1, 0.15) is 0 Å². The van der Waals surface area contributed by atoms with Crippen LogP contribution in [-0.2, 0) is 11.3 Å². The van der Waals surface area contributed by atoms with Crippen molar-refractivity contribution in [3.63, 3.8) is 0 Å². The molecule has 1 heterocycles. The van der Waals surface area contributed by atoms with E-state index in [4.69, 9.17) is 21.1 Å². The molecule has 156 valence electrons. The lowest BCUT2D eigenvalue weighted by molar-refractivity contribution is -0.129. The molecule has 7 nitrogen and oxygen atoms in total. The van der Waals surface area contributed by atoms with Crippen molar-refractivity contribution in [3.05, 3.63) is 22.7 Å². The number of methoxy groups -OCH3 is 1. The zero-order chi connectivity index (χ0) is 20.5. The van der Waals surface area contributed by atoms with Crippen LogP contribution < -0.4 is 20.1 Å². The molecule has 8 heteroatoms. The van der Waals surface area contributed by atoms with E-state index in [9.17, 15) is 4.79 Å². The number of nitrogens with one attached hydrogen (secondary N) is 2. The van der Waals surface area contributed by atoms with Crippen LogP contribution in [0.5, 0.6) is 11.5 Å². The van der Waals surface area contributed by atoms with Crippen LogP contribution in [0.25, 0.3) is 0 Å². The molecule has 1 fully saturated rings. The Labute approximate surface area is 172 Å². The molecular formula is C20H31ClN4O3. The van der Waals surface area contributed by atoms with Gasteiger partial charge >= 0.3 is 0 Å². The number of hydrogen-bond donors (Lipinski definition) is 2. The van der Waals surface area contributed by atoms with Gasteiger partial charge in [0.05, 0.1) is 25.3 Å². The lowest BCUT2D eigenvalue weighted by Crippen LogP contribution is -2.45. The van der Waals surface area contributed by atoms with Gasteiger partial charge in [-0.05, 0) is 38.0 Å². The maximum atomic E-state index is 11.9. The number of guanidine groups is 1. The minimum atomic E-state index is 0.197. The lowest BCUT2D eigenvalue weighted by Gasteiger charge is -2.19. The van der Waals surface area contributed by atoms with E-state index in [0.29, 0.717) is 42.6 Å². The van der Waals surface area contributed by atoms with Gasteiger partial charge < -0.3 is 25.0 Å². The number of nitrogens with zero attached hydrogens (tertiary/aromatic N) is 2. The number of ether oxygens (including phenoxy) is 2. The van der Waals surface area contributed by atoms with E-state index in [2.05, 4.69) is 15.6 Å². The molecule has 0 radical (unpaired) electrons. The molecule has 1 aromatic carbocycles. The summed E-state index contributed by atoms with van der Waals surface area (Å²) in [5.74, 6) is 2.07. The van der Waals surface area contributed by atoms with Crippen molar-refractivity contribution < 1.29 is 14.3 Å². The topological polar surface area (TPSA) is 75.2 Å². The molecule has 1 aromatic rings. The number of rotatable bonds is 8. The maximum Gasteiger partial charge on any atom is 0.222 e. The Bertz CT molecular complexity index is 696. The van der Waals surface area contributed by atoms with Crippen molar-refractivity contribution in [2.24, 2.45) is 4.99 Å².